The van der Waals surface area contributed by atoms with E-state index >= 15 is 0 Å². The van der Waals surface area contributed by atoms with Crippen LogP contribution in [-0.4, -0.2) is 23.2 Å². The first kappa shape index (κ1) is 18.7. The number of carbonyl (C=O) groups is 2. The van der Waals surface area contributed by atoms with Crippen molar-refractivity contribution in [2.75, 3.05) is 11.6 Å². The summed E-state index contributed by atoms with van der Waals surface area (Å²) in [6.07, 6.45) is 2.25. The number of thioether (sulfide) groups is 1. The third-order valence-corrected chi connectivity index (χ3v) is 6.79. The van der Waals surface area contributed by atoms with Gasteiger partial charge in [-0.2, -0.15) is 0 Å². The minimum Gasteiger partial charge on any atom is -0.477 e. The zero-order valence-corrected chi connectivity index (χ0v) is 16.5. The van der Waals surface area contributed by atoms with Crippen molar-refractivity contribution in [3.8, 4) is 11.1 Å². The Morgan fingerprint density at radius 2 is 1.86 bits per heavy atom. The molecule has 0 aliphatic carbocycles. The molecule has 1 aromatic heterocycles. The number of carbonyl (C=O) groups excluding carboxylic acids is 1. The molecule has 4 rings (SSSR count). The Balaban J connectivity index is 1.89. The Morgan fingerprint density at radius 1 is 1.18 bits per heavy atom. The maximum Gasteiger partial charge on any atom is 0.346 e. The number of halogens is 1. The summed E-state index contributed by atoms with van der Waals surface area (Å²) in [5, 5.41) is 12.6. The molecule has 2 heterocycles. The van der Waals surface area contributed by atoms with Crippen LogP contribution in [0.3, 0.4) is 0 Å². The fourth-order valence-electron chi connectivity index (χ4n) is 3.43. The summed E-state index contributed by atoms with van der Waals surface area (Å²) in [6.45, 7) is 0. The number of anilines is 1. The molecule has 1 aliphatic heterocycles. The third kappa shape index (κ3) is 3.31. The van der Waals surface area contributed by atoms with Crippen LogP contribution in [0.15, 0.2) is 53.4 Å². The predicted octanol–water partition coefficient (Wildman–Crippen LogP) is 5.45. The van der Waals surface area contributed by atoms with Gasteiger partial charge in [0.1, 0.15) is 10.7 Å². The number of nitrogens with one attached hydrogen (secondary N) is 1. The van der Waals surface area contributed by atoms with Crippen LogP contribution in [0.5, 0.6) is 0 Å². The Morgan fingerprint density at radius 3 is 2.46 bits per heavy atom. The second-order valence-corrected chi connectivity index (χ2v) is 8.37. The van der Waals surface area contributed by atoms with E-state index in [-0.39, 0.29) is 23.1 Å². The molecule has 28 heavy (non-hydrogen) atoms. The lowest BCUT2D eigenvalue weighted by atomic mass is 9.89. The largest absolute Gasteiger partial charge is 0.477 e. The smallest absolute Gasteiger partial charge is 0.346 e. The van der Waals surface area contributed by atoms with Crippen LogP contribution in [0.4, 0.5) is 10.1 Å². The molecule has 2 aromatic carbocycles. The van der Waals surface area contributed by atoms with Gasteiger partial charge in [-0.3, -0.25) is 4.79 Å². The average Bonchev–Trinajstić information content (AvgIpc) is 3.07. The van der Waals surface area contributed by atoms with Crippen molar-refractivity contribution >= 4 is 40.7 Å². The zero-order chi connectivity index (χ0) is 19.8. The fourth-order valence-corrected chi connectivity index (χ4v) is 5.09. The monoisotopic (exact) mass is 413 g/mol. The molecule has 7 heteroatoms. The van der Waals surface area contributed by atoms with Crippen molar-refractivity contribution in [2.45, 2.75) is 17.2 Å². The summed E-state index contributed by atoms with van der Waals surface area (Å²) in [6, 6.07) is 13.6. The van der Waals surface area contributed by atoms with Crippen LogP contribution in [0, 0.1) is 5.82 Å². The molecule has 0 saturated carbocycles. The second kappa shape index (κ2) is 7.41. The van der Waals surface area contributed by atoms with Crippen LogP contribution in [-0.2, 0) is 4.79 Å². The lowest BCUT2D eigenvalue weighted by Crippen LogP contribution is -2.22. The molecular weight excluding hydrogens is 397 g/mol. The van der Waals surface area contributed by atoms with Gasteiger partial charge < -0.3 is 10.4 Å². The average molecular weight is 413 g/mol. The number of rotatable bonds is 4. The topological polar surface area (TPSA) is 66.4 Å². The summed E-state index contributed by atoms with van der Waals surface area (Å²) in [7, 11) is 0. The van der Waals surface area contributed by atoms with Crippen LogP contribution in [0.1, 0.15) is 32.5 Å². The Labute approximate surface area is 169 Å². The van der Waals surface area contributed by atoms with Gasteiger partial charge in [-0.05, 0) is 41.6 Å². The summed E-state index contributed by atoms with van der Waals surface area (Å²) >= 11 is 2.80. The van der Waals surface area contributed by atoms with Crippen molar-refractivity contribution in [1.29, 1.82) is 0 Å². The van der Waals surface area contributed by atoms with Gasteiger partial charge >= 0.3 is 5.97 Å². The molecule has 142 valence electrons. The fraction of sp³-hybridized carbons (Fsp3) is 0.143. The molecule has 2 N–H and O–H groups in total. The van der Waals surface area contributed by atoms with Gasteiger partial charge in [0.05, 0.1) is 5.69 Å². The first-order valence-electron chi connectivity index (χ1n) is 8.57. The SMILES string of the molecule is CSc1ccc([C@@H]2CC(=O)Nc3c2sc(C(=O)O)c3-c2ccc(F)cc2)cc1. The number of amides is 1. The highest BCUT2D eigenvalue weighted by Crippen LogP contribution is 2.49. The maximum absolute atomic E-state index is 13.3. The van der Waals surface area contributed by atoms with Crippen LogP contribution in [0.2, 0.25) is 0 Å². The van der Waals surface area contributed by atoms with Gasteiger partial charge in [0, 0.05) is 27.7 Å². The van der Waals surface area contributed by atoms with Gasteiger partial charge in [0.2, 0.25) is 5.91 Å². The minimum atomic E-state index is -1.07. The van der Waals surface area contributed by atoms with Crippen molar-refractivity contribution in [2.24, 2.45) is 0 Å². The zero-order valence-electron chi connectivity index (χ0n) is 14.9. The van der Waals surface area contributed by atoms with Gasteiger partial charge in [-0.1, -0.05) is 24.3 Å². The number of carboxylic acids is 1. The maximum atomic E-state index is 13.3. The van der Waals surface area contributed by atoms with Crippen molar-refractivity contribution in [3.05, 3.63) is 69.7 Å². The van der Waals surface area contributed by atoms with E-state index in [1.54, 1.807) is 11.8 Å². The van der Waals surface area contributed by atoms with Gasteiger partial charge in [-0.25, -0.2) is 9.18 Å². The number of benzene rings is 2. The van der Waals surface area contributed by atoms with E-state index < -0.39 is 11.8 Å². The van der Waals surface area contributed by atoms with E-state index in [4.69, 9.17) is 0 Å². The quantitative estimate of drug-likeness (QED) is 0.558. The lowest BCUT2D eigenvalue weighted by molar-refractivity contribution is -0.116. The summed E-state index contributed by atoms with van der Waals surface area (Å²) < 4.78 is 13.3. The molecule has 3 aromatic rings. The number of thiophene rings is 1. The van der Waals surface area contributed by atoms with Crippen molar-refractivity contribution < 1.29 is 19.1 Å². The molecule has 0 radical (unpaired) electrons. The van der Waals surface area contributed by atoms with Gasteiger partial charge in [0.25, 0.3) is 0 Å². The van der Waals surface area contributed by atoms with Crippen LogP contribution in [0.25, 0.3) is 11.1 Å². The molecule has 1 amide bonds. The highest BCUT2D eigenvalue weighted by atomic mass is 32.2. The first-order chi connectivity index (χ1) is 13.5. The van der Waals surface area contributed by atoms with E-state index in [9.17, 15) is 19.1 Å². The van der Waals surface area contributed by atoms with E-state index in [2.05, 4.69) is 5.32 Å². The highest BCUT2D eigenvalue weighted by Gasteiger charge is 2.34. The molecule has 0 unspecified atom stereocenters. The molecule has 1 aliphatic rings. The molecule has 0 bridgehead atoms. The lowest BCUT2D eigenvalue weighted by Gasteiger charge is -2.24. The Bertz CT molecular complexity index is 1060. The predicted molar refractivity (Wildman–Crippen MR) is 110 cm³/mol. The van der Waals surface area contributed by atoms with E-state index in [0.29, 0.717) is 16.8 Å². The van der Waals surface area contributed by atoms with Gasteiger partial charge in [0.15, 0.2) is 0 Å². The number of fused-ring (bicyclic) bond motifs is 1. The summed E-state index contributed by atoms with van der Waals surface area (Å²) in [4.78, 5) is 26.4. The van der Waals surface area contributed by atoms with E-state index in [1.165, 1.54) is 35.6 Å². The number of hydrogen-bond donors (Lipinski definition) is 2. The molecule has 0 spiro atoms. The van der Waals surface area contributed by atoms with Crippen LogP contribution >= 0.6 is 23.1 Å². The van der Waals surface area contributed by atoms with Crippen LogP contribution < -0.4 is 5.32 Å². The molecular formula is C21H16FNO3S2. The highest BCUT2D eigenvalue weighted by molar-refractivity contribution is 7.98. The third-order valence-electron chi connectivity index (χ3n) is 4.75. The van der Waals surface area contributed by atoms with E-state index in [0.717, 1.165) is 15.3 Å². The second-order valence-electron chi connectivity index (χ2n) is 6.44. The van der Waals surface area contributed by atoms with Crippen molar-refractivity contribution in [3.63, 3.8) is 0 Å². The van der Waals surface area contributed by atoms with Gasteiger partial charge in [-0.15, -0.1) is 23.1 Å². The van der Waals surface area contributed by atoms with E-state index in [1.807, 2.05) is 30.5 Å². The number of aromatic carboxylic acids is 1. The standard InChI is InChI=1S/C21H16FNO3S2/c1-27-14-8-4-11(5-9-14)15-10-16(24)23-18-17(12-2-6-13(22)7-3-12)20(21(25)26)28-19(15)18/h2-9,15H,10H2,1H3,(H,23,24)(H,25,26)/t15-/m0/s1. The molecule has 0 fully saturated rings. The summed E-state index contributed by atoms with van der Waals surface area (Å²) in [5.41, 5.74) is 2.49. The molecule has 0 saturated heterocycles. The molecule has 1 atom stereocenters. The van der Waals surface area contributed by atoms with Crippen molar-refractivity contribution in [1.82, 2.24) is 0 Å². The minimum absolute atomic E-state index is 0.143. The Hall–Kier alpha value is -2.64. The number of carboxylic acid groups (broad SMARTS) is 1. The normalized spacial score (nSPS) is 15.8. The summed E-state index contributed by atoms with van der Waals surface area (Å²) in [5.74, 6) is -1.84. The number of hydrogen-bond acceptors (Lipinski definition) is 4. The first-order valence-corrected chi connectivity index (χ1v) is 10.6. The Kier molecular flexibility index (Phi) is 4.95. The molecule has 4 nitrogen and oxygen atoms in total.